The van der Waals surface area contributed by atoms with Gasteiger partial charge in [0.1, 0.15) is 0 Å². The third-order valence-electron chi connectivity index (χ3n) is 5.13. The molecule has 0 radical (unpaired) electrons. The predicted molar refractivity (Wildman–Crippen MR) is 115 cm³/mol. The highest BCUT2D eigenvalue weighted by atomic mass is 35.5. The maximum Gasteiger partial charge on any atom is 0.223 e. The average molecular weight is 404 g/mol. The van der Waals surface area contributed by atoms with Crippen molar-refractivity contribution in [2.24, 2.45) is 11.7 Å². The number of aryl methyl sites for hydroxylation is 1. The molecule has 4 rings (SSSR count). The van der Waals surface area contributed by atoms with E-state index in [1.165, 1.54) is 10.9 Å². The highest BCUT2D eigenvalue weighted by Gasteiger charge is 2.37. The zero-order valence-electron chi connectivity index (χ0n) is 15.0. The van der Waals surface area contributed by atoms with Crippen LogP contribution in [0.25, 0.3) is 10.8 Å². The van der Waals surface area contributed by atoms with Crippen LogP contribution in [0.2, 0.25) is 0 Å². The highest BCUT2D eigenvalue weighted by Crippen LogP contribution is 2.37. The molecule has 1 saturated heterocycles. The SMILES string of the molecule is Cc1cc2c(N3CC(C(N)=O)C(c4ccccc4)C3)cccc2cn1.Cl.Cl. The summed E-state index contributed by atoms with van der Waals surface area (Å²) in [5, 5.41) is 2.29. The van der Waals surface area contributed by atoms with Gasteiger partial charge in [-0.05, 0) is 24.6 Å². The fourth-order valence-electron chi connectivity index (χ4n) is 3.86. The molecule has 1 amide bonds. The molecule has 1 aliphatic heterocycles. The van der Waals surface area contributed by atoms with Crippen LogP contribution in [-0.2, 0) is 4.79 Å². The number of primary amides is 1. The number of pyridine rings is 1. The Morgan fingerprint density at radius 3 is 2.52 bits per heavy atom. The van der Waals surface area contributed by atoms with Crippen molar-refractivity contribution in [2.45, 2.75) is 12.8 Å². The molecule has 142 valence electrons. The van der Waals surface area contributed by atoms with E-state index in [0.717, 1.165) is 23.3 Å². The Balaban J connectivity index is 0.00000131. The lowest BCUT2D eigenvalue weighted by Gasteiger charge is -2.21. The van der Waals surface area contributed by atoms with Gasteiger partial charge in [0.25, 0.3) is 0 Å². The molecule has 2 N–H and O–H groups in total. The van der Waals surface area contributed by atoms with Crippen LogP contribution in [0.1, 0.15) is 17.2 Å². The van der Waals surface area contributed by atoms with Gasteiger partial charge in [0, 0.05) is 47.4 Å². The fraction of sp³-hybridized carbons (Fsp3) is 0.238. The molecule has 2 unspecified atom stereocenters. The van der Waals surface area contributed by atoms with Gasteiger partial charge < -0.3 is 10.6 Å². The summed E-state index contributed by atoms with van der Waals surface area (Å²) in [7, 11) is 0. The lowest BCUT2D eigenvalue weighted by atomic mass is 9.89. The van der Waals surface area contributed by atoms with Crippen LogP contribution >= 0.6 is 24.8 Å². The van der Waals surface area contributed by atoms with E-state index in [0.29, 0.717) is 6.54 Å². The van der Waals surface area contributed by atoms with E-state index in [9.17, 15) is 4.79 Å². The smallest absolute Gasteiger partial charge is 0.223 e. The molecular weight excluding hydrogens is 381 g/mol. The van der Waals surface area contributed by atoms with Crippen molar-refractivity contribution in [3.8, 4) is 0 Å². The van der Waals surface area contributed by atoms with Gasteiger partial charge >= 0.3 is 0 Å². The Hall–Kier alpha value is -2.30. The number of rotatable bonds is 3. The van der Waals surface area contributed by atoms with E-state index in [1.807, 2.05) is 37.4 Å². The minimum Gasteiger partial charge on any atom is -0.370 e. The maximum atomic E-state index is 12.1. The third-order valence-corrected chi connectivity index (χ3v) is 5.13. The molecular formula is C21H23Cl2N3O. The minimum absolute atomic E-state index is 0. The number of fused-ring (bicyclic) bond motifs is 1. The number of halogens is 2. The van der Waals surface area contributed by atoms with E-state index >= 15 is 0 Å². The molecule has 1 fully saturated rings. The van der Waals surface area contributed by atoms with Crippen molar-refractivity contribution in [1.82, 2.24) is 4.98 Å². The van der Waals surface area contributed by atoms with Crippen molar-refractivity contribution < 1.29 is 4.79 Å². The van der Waals surface area contributed by atoms with E-state index < -0.39 is 0 Å². The monoisotopic (exact) mass is 403 g/mol. The van der Waals surface area contributed by atoms with E-state index in [2.05, 4.69) is 40.2 Å². The first-order valence-electron chi connectivity index (χ1n) is 8.58. The maximum absolute atomic E-state index is 12.1. The Kier molecular flexibility index (Phi) is 6.68. The molecule has 2 heterocycles. The molecule has 0 saturated carbocycles. The molecule has 0 aliphatic carbocycles. The number of carbonyl (C=O) groups is 1. The average Bonchev–Trinajstić information content (AvgIpc) is 3.07. The van der Waals surface area contributed by atoms with E-state index in [4.69, 9.17) is 5.73 Å². The number of aromatic nitrogens is 1. The van der Waals surface area contributed by atoms with Gasteiger partial charge in [-0.25, -0.2) is 0 Å². The standard InChI is InChI=1S/C21H21N3O.2ClH/c1-14-10-17-16(11-23-14)8-5-9-20(17)24-12-18(19(13-24)21(22)25)15-6-3-2-4-7-15;;/h2-11,18-19H,12-13H2,1H3,(H2,22,25);2*1H. The number of nitrogens with zero attached hydrogens (tertiary/aromatic N) is 2. The number of carbonyl (C=O) groups excluding carboxylic acids is 1. The zero-order valence-corrected chi connectivity index (χ0v) is 16.7. The lowest BCUT2D eigenvalue weighted by Crippen LogP contribution is -2.29. The third kappa shape index (κ3) is 4.02. The molecule has 27 heavy (non-hydrogen) atoms. The van der Waals surface area contributed by atoms with Crippen LogP contribution in [0.4, 0.5) is 5.69 Å². The Morgan fingerprint density at radius 1 is 1.07 bits per heavy atom. The summed E-state index contributed by atoms with van der Waals surface area (Å²) < 4.78 is 0. The number of hydrogen-bond acceptors (Lipinski definition) is 3. The summed E-state index contributed by atoms with van der Waals surface area (Å²) in [6.45, 7) is 3.44. The first kappa shape index (κ1) is 21.0. The van der Waals surface area contributed by atoms with Crippen LogP contribution in [0.15, 0.2) is 60.8 Å². The lowest BCUT2D eigenvalue weighted by molar-refractivity contribution is -0.121. The summed E-state index contributed by atoms with van der Waals surface area (Å²) in [6.07, 6.45) is 1.91. The molecule has 0 bridgehead atoms. The summed E-state index contributed by atoms with van der Waals surface area (Å²) in [5.41, 5.74) is 9.04. The molecule has 1 aliphatic rings. The zero-order chi connectivity index (χ0) is 17.4. The molecule has 0 spiro atoms. The molecule has 3 aromatic rings. The van der Waals surface area contributed by atoms with Crippen LogP contribution in [0.3, 0.4) is 0 Å². The van der Waals surface area contributed by atoms with Gasteiger partial charge in [-0.15, -0.1) is 24.8 Å². The van der Waals surface area contributed by atoms with Crippen molar-refractivity contribution in [3.63, 3.8) is 0 Å². The van der Waals surface area contributed by atoms with Gasteiger partial charge in [-0.3, -0.25) is 9.78 Å². The second kappa shape index (κ2) is 8.59. The predicted octanol–water partition coefficient (Wildman–Crippen LogP) is 4.09. The molecule has 2 atom stereocenters. The van der Waals surface area contributed by atoms with Gasteiger partial charge in [0.05, 0.1) is 5.92 Å². The van der Waals surface area contributed by atoms with Crippen LogP contribution in [-0.4, -0.2) is 24.0 Å². The van der Waals surface area contributed by atoms with E-state index in [1.54, 1.807) is 0 Å². The van der Waals surface area contributed by atoms with Crippen LogP contribution in [0.5, 0.6) is 0 Å². The van der Waals surface area contributed by atoms with E-state index in [-0.39, 0.29) is 42.6 Å². The summed E-state index contributed by atoms with van der Waals surface area (Å²) in [6, 6.07) is 18.5. The highest BCUT2D eigenvalue weighted by molar-refractivity contribution is 5.94. The largest absolute Gasteiger partial charge is 0.370 e. The normalized spacial score (nSPS) is 18.6. The molecule has 4 nitrogen and oxygen atoms in total. The number of nitrogens with two attached hydrogens (primary N) is 1. The Morgan fingerprint density at radius 2 is 1.81 bits per heavy atom. The minimum atomic E-state index is -0.227. The second-order valence-electron chi connectivity index (χ2n) is 6.75. The molecule has 1 aromatic heterocycles. The van der Waals surface area contributed by atoms with Gasteiger partial charge in [-0.2, -0.15) is 0 Å². The molecule has 6 heteroatoms. The van der Waals surface area contributed by atoms with Crippen LogP contribution < -0.4 is 10.6 Å². The van der Waals surface area contributed by atoms with Gasteiger partial charge in [0.2, 0.25) is 5.91 Å². The van der Waals surface area contributed by atoms with Crippen molar-refractivity contribution in [2.75, 3.05) is 18.0 Å². The Bertz CT molecular complexity index is 933. The molecule has 2 aromatic carbocycles. The van der Waals surface area contributed by atoms with Gasteiger partial charge in [0.15, 0.2) is 0 Å². The number of benzene rings is 2. The van der Waals surface area contributed by atoms with Crippen LogP contribution in [0, 0.1) is 12.8 Å². The number of hydrogen-bond donors (Lipinski definition) is 1. The number of anilines is 1. The van der Waals surface area contributed by atoms with Gasteiger partial charge in [-0.1, -0.05) is 42.5 Å². The first-order chi connectivity index (χ1) is 12.1. The topological polar surface area (TPSA) is 59.2 Å². The van der Waals surface area contributed by atoms with Crippen molar-refractivity contribution >= 4 is 47.2 Å². The Labute approximate surface area is 171 Å². The second-order valence-corrected chi connectivity index (χ2v) is 6.75. The number of amides is 1. The van der Waals surface area contributed by atoms with Crippen molar-refractivity contribution in [3.05, 3.63) is 72.1 Å². The summed E-state index contributed by atoms with van der Waals surface area (Å²) in [4.78, 5) is 18.7. The fourth-order valence-corrected chi connectivity index (χ4v) is 3.86. The quantitative estimate of drug-likeness (QED) is 0.715. The first-order valence-corrected chi connectivity index (χ1v) is 8.58. The summed E-state index contributed by atoms with van der Waals surface area (Å²) in [5.74, 6) is -0.285. The van der Waals surface area contributed by atoms with Crippen molar-refractivity contribution in [1.29, 1.82) is 0 Å². The summed E-state index contributed by atoms with van der Waals surface area (Å²) >= 11 is 0.